The zero-order valence-electron chi connectivity index (χ0n) is 15.1. The summed E-state index contributed by atoms with van der Waals surface area (Å²) in [4.78, 5) is 19.7. The van der Waals surface area contributed by atoms with Crippen molar-refractivity contribution in [1.82, 2.24) is 9.88 Å². The van der Waals surface area contributed by atoms with Crippen molar-refractivity contribution in [2.75, 3.05) is 6.54 Å². The van der Waals surface area contributed by atoms with E-state index < -0.39 is 0 Å². The highest BCUT2D eigenvalue weighted by molar-refractivity contribution is 5.95. The van der Waals surface area contributed by atoms with Crippen LogP contribution in [0, 0.1) is 0 Å². The number of nitrogens with zero attached hydrogens (tertiary/aromatic N) is 2. The van der Waals surface area contributed by atoms with Gasteiger partial charge >= 0.3 is 0 Å². The number of hydrogen-bond donors (Lipinski definition) is 1. The Hall–Kier alpha value is -3.14. The highest BCUT2D eigenvalue weighted by Crippen LogP contribution is 2.31. The molecular weight excluding hydrogens is 336 g/mol. The number of likely N-dealkylation sites (tertiary alicyclic amines) is 1. The van der Waals surface area contributed by atoms with Crippen molar-refractivity contribution in [3.8, 4) is 16.9 Å². The van der Waals surface area contributed by atoms with E-state index in [9.17, 15) is 9.90 Å². The number of amides is 1. The number of hydrogen-bond acceptors (Lipinski definition) is 3. The first-order valence-electron chi connectivity index (χ1n) is 9.34. The molecule has 4 heteroatoms. The normalized spacial score (nSPS) is 16.9. The van der Waals surface area contributed by atoms with Gasteiger partial charge in [-0.15, -0.1) is 0 Å². The number of rotatable bonds is 3. The van der Waals surface area contributed by atoms with E-state index in [4.69, 9.17) is 0 Å². The van der Waals surface area contributed by atoms with Crippen LogP contribution >= 0.6 is 0 Å². The average Bonchev–Trinajstić information content (AvgIpc) is 2.74. The second-order valence-electron chi connectivity index (χ2n) is 6.89. The fourth-order valence-corrected chi connectivity index (χ4v) is 3.71. The molecular formula is C23H22N2O2. The summed E-state index contributed by atoms with van der Waals surface area (Å²) in [5.74, 6) is 0.281. The maximum Gasteiger partial charge on any atom is 0.254 e. The maximum atomic E-state index is 13.3. The number of pyridine rings is 1. The number of aromatic nitrogens is 1. The monoisotopic (exact) mass is 358 g/mol. The van der Waals surface area contributed by atoms with Crippen molar-refractivity contribution in [3.63, 3.8) is 0 Å². The lowest BCUT2D eigenvalue weighted by atomic mass is 9.96. The Morgan fingerprint density at radius 1 is 0.963 bits per heavy atom. The fraction of sp³-hybridized carbons (Fsp3) is 0.217. The number of aromatic hydroxyl groups is 1. The third-order valence-electron chi connectivity index (χ3n) is 5.10. The Balaban J connectivity index is 1.63. The first kappa shape index (κ1) is 17.3. The summed E-state index contributed by atoms with van der Waals surface area (Å²) in [5.41, 5.74) is 3.58. The number of carbonyl (C=O) groups is 1. The molecule has 1 aliphatic rings. The van der Waals surface area contributed by atoms with Gasteiger partial charge in [-0.05, 0) is 66.8 Å². The predicted molar refractivity (Wildman–Crippen MR) is 105 cm³/mol. The standard InChI is InChI=1S/C23H22N2O2/c26-20-12-10-17(11-13-20)18-6-5-7-19(16-18)23(27)25-15-4-2-9-22(25)21-8-1-3-14-24-21/h1,3,5-8,10-14,16,22,26H,2,4,9,15H2. The molecule has 2 aromatic carbocycles. The van der Waals surface area contributed by atoms with E-state index in [1.165, 1.54) is 0 Å². The van der Waals surface area contributed by atoms with Crippen molar-refractivity contribution in [2.45, 2.75) is 25.3 Å². The molecule has 0 spiro atoms. The van der Waals surface area contributed by atoms with Crippen LogP contribution in [0.2, 0.25) is 0 Å². The van der Waals surface area contributed by atoms with Crippen LogP contribution in [0.15, 0.2) is 72.9 Å². The molecule has 0 bridgehead atoms. The van der Waals surface area contributed by atoms with E-state index in [-0.39, 0.29) is 17.7 Å². The lowest BCUT2D eigenvalue weighted by Gasteiger charge is -2.35. The number of piperidine rings is 1. The van der Waals surface area contributed by atoms with Crippen molar-refractivity contribution in [3.05, 3.63) is 84.2 Å². The molecule has 2 heterocycles. The molecule has 1 aliphatic heterocycles. The molecule has 1 N–H and O–H groups in total. The van der Waals surface area contributed by atoms with Crippen LogP contribution in [0.4, 0.5) is 0 Å². The zero-order chi connectivity index (χ0) is 18.6. The molecule has 1 unspecified atom stereocenters. The summed E-state index contributed by atoms with van der Waals surface area (Å²) in [6.45, 7) is 0.753. The molecule has 1 fully saturated rings. The van der Waals surface area contributed by atoms with Gasteiger partial charge in [0.05, 0.1) is 11.7 Å². The fourth-order valence-electron chi connectivity index (χ4n) is 3.71. The van der Waals surface area contributed by atoms with Gasteiger partial charge in [0, 0.05) is 18.3 Å². The van der Waals surface area contributed by atoms with E-state index in [2.05, 4.69) is 4.98 Å². The molecule has 3 aromatic rings. The lowest BCUT2D eigenvalue weighted by molar-refractivity contribution is 0.0606. The van der Waals surface area contributed by atoms with Crippen LogP contribution in [-0.2, 0) is 0 Å². The lowest BCUT2D eigenvalue weighted by Crippen LogP contribution is -2.38. The molecule has 27 heavy (non-hydrogen) atoms. The third kappa shape index (κ3) is 3.70. The molecule has 4 nitrogen and oxygen atoms in total. The van der Waals surface area contributed by atoms with Crippen LogP contribution in [0.1, 0.15) is 41.4 Å². The minimum absolute atomic E-state index is 0.0322. The minimum Gasteiger partial charge on any atom is -0.508 e. The van der Waals surface area contributed by atoms with Crippen molar-refractivity contribution >= 4 is 5.91 Å². The summed E-state index contributed by atoms with van der Waals surface area (Å²) in [6, 6.07) is 20.6. The summed E-state index contributed by atoms with van der Waals surface area (Å²) < 4.78 is 0. The van der Waals surface area contributed by atoms with Gasteiger partial charge < -0.3 is 10.0 Å². The largest absolute Gasteiger partial charge is 0.508 e. The Kier molecular flexibility index (Phi) is 4.88. The van der Waals surface area contributed by atoms with Gasteiger partial charge in [-0.2, -0.15) is 0 Å². The molecule has 1 atom stereocenters. The van der Waals surface area contributed by atoms with Crippen LogP contribution < -0.4 is 0 Å². The molecule has 4 rings (SSSR count). The number of carbonyl (C=O) groups excluding carboxylic acids is 1. The van der Waals surface area contributed by atoms with Crippen LogP contribution in [-0.4, -0.2) is 27.4 Å². The van der Waals surface area contributed by atoms with Gasteiger partial charge in [0.1, 0.15) is 5.75 Å². The third-order valence-corrected chi connectivity index (χ3v) is 5.10. The van der Waals surface area contributed by atoms with E-state index in [1.54, 1.807) is 18.3 Å². The quantitative estimate of drug-likeness (QED) is 0.730. The smallest absolute Gasteiger partial charge is 0.254 e. The molecule has 0 radical (unpaired) electrons. The Morgan fingerprint density at radius 2 is 1.81 bits per heavy atom. The summed E-state index contributed by atoms with van der Waals surface area (Å²) in [6.07, 6.45) is 4.86. The minimum atomic E-state index is 0.0322. The highest BCUT2D eigenvalue weighted by atomic mass is 16.3. The van der Waals surface area contributed by atoms with E-state index in [1.807, 2.05) is 59.5 Å². The summed E-state index contributed by atoms with van der Waals surface area (Å²) in [7, 11) is 0. The first-order valence-corrected chi connectivity index (χ1v) is 9.34. The van der Waals surface area contributed by atoms with Crippen LogP contribution in [0.5, 0.6) is 5.75 Å². The number of benzene rings is 2. The van der Waals surface area contributed by atoms with E-state index in [0.29, 0.717) is 5.56 Å². The molecule has 1 amide bonds. The molecule has 0 aliphatic carbocycles. The van der Waals surface area contributed by atoms with Crippen molar-refractivity contribution in [2.24, 2.45) is 0 Å². The summed E-state index contributed by atoms with van der Waals surface area (Å²) in [5, 5.41) is 9.49. The Morgan fingerprint density at radius 3 is 2.59 bits per heavy atom. The molecule has 1 saturated heterocycles. The Bertz CT molecular complexity index is 923. The molecule has 1 aromatic heterocycles. The van der Waals surface area contributed by atoms with Crippen LogP contribution in [0.25, 0.3) is 11.1 Å². The maximum absolute atomic E-state index is 13.3. The van der Waals surface area contributed by atoms with Gasteiger partial charge in [0.2, 0.25) is 0 Å². The zero-order valence-corrected chi connectivity index (χ0v) is 15.1. The number of phenolic OH excluding ortho intramolecular Hbond substituents is 1. The highest BCUT2D eigenvalue weighted by Gasteiger charge is 2.29. The SMILES string of the molecule is O=C(c1cccc(-c2ccc(O)cc2)c1)N1CCCCC1c1ccccn1. The van der Waals surface area contributed by atoms with Gasteiger partial charge in [0.15, 0.2) is 0 Å². The molecule has 136 valence electrons. The average molecular weight is 358 g/mol. The number of phenols is 1. The van der Waals surface area contributed by atoms with E-state index >= 15 is 0 Å². The van der Waals surface area contributed by atoms with E-state index in [0.717, 1.165) is 42.6 Å². The Labute approximate surface area is 159 Å². The second kappa shape index (κ2) is 7.62. The van der Waals surface area contributed by atoms with Crippen LogP contribution in [0.3, 0.4) is 0 Å². The van der Waals surface area contributed by atoms with Crippen molar-refractivity contribution in [1.29, 1.82) is 0 Å². The predicted octanol–water partition coefficient (Wildman–Crippen LogP) is 4.82. The second-order valence-corrected chi connectivity index (χ2v) is 6.89. The molecule has 0 saturated carbocycles. The van der Waals surface area contributed by atoms with Gasteiger partial charge in [-0.1, -0.05) is 30.3 Å². The van der Waals surface area contributed by atoms with Crippen molar-refractivity contribution < 1.29 is 9.90 Å². The van der Waals surface area contributed by atoms with Gasteiger partial charge in [-0.25, -0.2) is 0 Å². The topological polar surface area (TPSA) is 53.4 Å². The first-order chi connectivity index (χ1) is 13.2. The van der Waals surface area contributed by atoms with Gasteiger partial charge in [0.25, 0.3) is 5.91 Å². The van der Waals surface area contributed by atoms with Gasteiger partial charge in [-0.3, -0.25) is 9.78 Å². The summed E-state index contributed by atoms with van der Waals surface area (Å²) >= 11 is 0.